The molecule has 0 unspecified atom stereocenters. The first-order chi connectivity index (χ1) is 9.56. The topological polar surface area (TPSA) is 108 Å². The maximum Gasteiger partial charge on any atom is 0.296 e. The number of nitrogens with zero attached hydrogens (tertiary/aromatic N) is 2. The van der Waals surface area contributed by atoms with Crippen molar-refractivity contribution in [3.8, 4) is 5.75 Å². The van der Waals surface area contributed by atoms with Gasteiger partial charge in [0.25, 0.3) is 5.69 Å². The van der Waals surface area contributed by atoms with Crippen molar-refractivity contribution in [2.75, 3.05) is 38.0 Å². The summed E-state index contributed by atoms with van der Waals surface area (Å²) in [5, 5.41) is 25.8. The Labute approximate surface area is 115 Å². The van der Waals surface area contributed by atoms with Crippen LogP contribution in [0.2, 0.25) is 0 Å². The van der Waals surface area contributed by atoms with Gasteiger partial charge >= 0.3 is 0 Å². The average molecular weight is 280 g/mol. The van der Waals surface area contributed by atoms with Crippen LogP contribution in [-0.2, 0) is 4.79 Å². The minimum atomic E-state index is -0.639. The molecule has 0 atom stereocenters. The van der Waals surface area contributed by atoms with Crippen molar-refractivity contribution in [2.45, 2.75) is 0 Å². The van der Waals surface area contributed by atoms with Crippen LogP contribution in [0.5, 0.6) is 5.75 Å². The van der Waals surface area contributed by atoms with Crippen molar-refractivity contribution in [3.05, 3.63) is 28.3 Å². The lowest BCUT2D eigenvalue weighted by molar-refractivity contribution is -0.384. The van der Waals surface area contributed by atoms with E-state index in [9.17, 15) is 20.0 Å². The van der Waals surface area contributed by atoms with Gasteiger partial charge in [0.05, 0.1) is 17.5 Å². The lowest BCUT2D eigenvalue weighted by Gasteiger charge is -2.26. The summed E-state index contributed by atoms with van der Waals surface area (Å²) in [6, 6.07) is 3.64. The first kappa shape index (κ1) is 14.2. The number of rotatable bonds is 4. The van der Waals surface area contributed by atoms with Crippen molar-refractivity contribution in [1.82, 2.24) is 10.2 Å². The fourth-order valence-electron chi connectivity index (χ4n) is 2.04. The number of carbonyl (C=O) groups is 1. The summed E-state index contributed by atoms with van der Waals surface area (Å²) in [5.74, 6) is -0.516. The molecule has 0 radical (unpaired) electrons. The number of phenolic OH excluding ortho intramolecular Hbond substituents is 1. The Bertz CT molecular complexity index is 514. The molecule has 1 heterocycles. The normalized spacial score (nSPS) is 15.8. The van der Waals surface area contributed by atoms with Crippen LogP contribution in [0.15, 0.2) is 18.2 Å². The van der Waals surface area contributed by atoms with E-state index in [0.29, 0.717) is 0 Å². The number of amides is 1. The molecule has 1 aliphatic heterocycles. The summed E-state index contributed by atoms with van der Waals surface area (Å²) in [4.78, 5) is 24.1. The second-order valence-corrected chi connectivity index (χ2v) is 4.53. The highest BCUT2D eigenvalue weighted by molar-refractivity contribution is 5.94. The number of anilines is 1. The molecule has 1 saturated heterocycles. The smallest absolute Gasteiger partial charge is 0.296 e. The number of hydrogen-bond donors (Lipinski definition) is 3. The summed E-state index contributed by atoms with van der Waals surface area (Å²) in [5.41, 5.74) is -0.230. The zero-order chi connectivity index (χ0) is 14.5. The third-order valence-electron chi connectivity index (χ3n) is 3.03. The van der Waals surface area contributed by atoms with Crippen molar-refractivity contribution < 1.29 is 14.8 Å². The van der Waals surface area contributed by atoms with E-state index in [-0.39, 0.29) is 29.6 Å². The minimum absolute atomic E-state index is 0.0907. The maximum atomic E-state index is 11.9. The molecule has 108 valence electrons. The second kappa shape index (κ2) is 6.31. The molecule has 8 nitrogen and oxygen atoms in total. The third-order valence-corrected chi connectivity index (χ3v) is 3.03. The van der Waals surface area contributed by atoms with Crippen LogP contribution < -0.4 is 10.6 Å². The molecule has 2 rings (SSSR count). The van der Waals surface area contributed by atoms with E-state index in [4.69, 9.17) is 0 Å². The number of benzene rings is 1. The summed E-state index contributed by atoms with van der Waals surface area (Å²) in [7, 11) is 0. The van der Waals surface area contributed by atoms with Gasteiger partial charge < -0.3 is 15.7 Å². The monoisotopic (exact) mass is 280 g/mol. The van der Waals surface area contributed by atoms with Crippen LogP contribution in [0, 0.1) is 10.1 Å². The Hall–Kier alpha value is -2.19. The zero-order valence-electron chi connectivity index (χ0n) is 10.8. The van der Waals surface area contributed by atoms with E-state index in [1.807, 2.05) is 4.90 Å². The standard InChI is InChI=1S/C12H16N4O4/c17-9-1-2-10(11(7-9)16(19)20)14-12(18)8-15-5-3-13-4-6-15/h1-2,7,13,17H,3-6,8H2,(H,14,18). The SMILES string of the molecule is O=C(CN1CCNCC1)Nc1ccc(O)cc1[N+](=O)[O-]. The van der Waals surface area contributed by atoms with E-state index < -0.39 is 4.92 Å². The van der Waals surface area contributed by atoms with Crippen molar-refractivity contribution in [1.29, 1.82) is 0 Å². The van der Waals surface area contributed by atoms with Crippen LogP contribution in [0.1, 0.15) is 0 Å². The Morgan fingerprint density at radius 3 is 2.80 bits per heavy atom. The van der Waals surface area contributed by atoms with Gasteiger partial charge in [-0.25, -0.2) is 0 Å². The molecule has 0 saturated carbocycles. The summed E-state index contributed by atoms with van der Waals surface area (Å²) >= 11 is 0. The molecule has 3 N–H and O–H groups in total. The quantitative estimate of drug-likeness (QED) is 0.411. The average Bonchev–Trinajstić information content (AvgIpc) is 2.41. The molecule has 0 bridgehead atoms. The second-order valence-electron chi connectivity index (χ2n) is 4.53. The number of aromatic hydroxyl groups is 1. The van der Waals surface area contributed by atoms with E-state index in [1.54, 1.807) is 0 Å². The van der Waals surface area contributed by atoms with Crippen molar-refractivity contribution in [3.63, 3.8) is 0 Å². The molecule has 1 aliphatic rings. The molecule has 1 fully saturated rings. The van der Waals surface area contributed by atoms with Crippen molar-refractivity contribution >= 4 is 17.3 Å². The molecule has 0 aliphatic carbocycles. The van der Waals surface area contributed by atoms with Gasteiger partial charge in [0, 0.05) is 26.2 Å². The highest BCUT2D eigenvalue weighted by Gasteiger charge is 2.19. The van der Waals surface area contributed by atoms with Crippen LogP contribution in [0.3, 0.4) is 0 Å². The van der Waals surface area contributed by atoms with Gasteiger partial charge in [-0.05, 0) is 12.1 Å². The zero-order valence-corrected chi connectivity index (χ0v) is 10.8. The van der Waals surface area contributed by atoms with Gasteiger partial charge in [0.1, 0.15) is 11.4 Å². The predicted molar refractivity (Wildman–Crippen MR) is 72.7 cm³/mol. The summed E-state index contributed by atoms with van der Waals surface area (Å²) in [6.07, 6.45) is 0. The fourth-order valence-corrected chi connectivity index (χ4v) is 2.04. The van der Waals surface area contributed by atoms with E-state index in [1.165, 1.54) is 12.1 Å². The van der Waals surface area contributed by atoms with Crippen LogP contribution >= 0.6 is 0 Å². The third kappa shape index (κ3) is 3.65. The molecule has 1 aromatic carbocycles. The van der Waals surface area contributed by atoms with Crippen LogP contribution in [-0.4, -0.2) is 53.6 Å². The first-order valence-corrected chi connectivity index (χ1v) is 6.26. The Morgan fingerprint density at radius 1 is 1.45 bits per heavy atom. The maximum absolute atomic E-state index is 11.9. The van der Waals surface area contributed by atoms with Crippen LogP contribution in [0.25, 0.3) is 0 Å². The highest BCUT2D eigenvalue weighted by Crippen LogP contribution is 2.28. The molecule has 20 heavy (non-hydrogen) atoms. The Balaban J connectivity index is 2.01. The summed E-state index contributed by atoms with van der Waals surface area (Å²) < 4.78 is 0. The highest BCUT2D eigenvalue weighted by atomic mass is 16.6. The molecule has 1 aromatic rings. The predicted octanol–water partition coefficient (Wildman–Crippen LogP) is 0.144. The molecule has 0 spiro atoms. The Kier molecular flexibility index (Phi) is 4.49. The minimum Gasteiger partial charge on any atom is -0.508 e. The fraction of sp³-hybridized carbons (Fsp3) is 0.417. The van der Waals surface area contributed by atoms with Gasteiger partial charge in [0.15, 0.2) is 0 Å². The molecular formula is C12H16N4O4. The lowest BCUT2D eigenvalue weighted by atomic mass is 10.2. The number of piperazine rings is 1. The van der Waals surface area contributed by atoms with Gasteiger partial charge in [-0.3, -0.25) is 19.8 Å². The summed E-state index contributed by atoms with van der Waals surface area (Å²) in [6.45, 7) is 3.38. The van der Waals surface area contributed by atoms with Gasteiger partial charge in [-0.15, -0.1) is 0 Å². The number of nitro benzene ring substituents is 1. The van der Waals surface area contributed by atoms with E-state index in [0.717, 1.165) is 32.2 Å². The molecule has 8 heteroatoms. The van der Waals surface area contributed by atoms with Crippen LogP contribution in [0.4, 0.5) is 11.4 Å². The van der Waals surface area contributed by atoms with E-state index in [2.05, 4.69) is 10.6 Å². The van der Waals surface area contributed by atoms with Gasteiger partial charge in [0.2, 0.25) is 5.91 Å². The number of phenols is 1. The number of carbonyl (C=O) groups excluding carboxylic acids is 1. The van der Waals surface area contributed by atoms with Gasteiger partial charge in [-0.1, -0.05) is 0 Å². The number of hydrogen-bond acceptors (Lipinski definition) is 6. The Morgan fingerprint density at radius 2 is 2.15 bits per heavy atom. The van der Waals surface area contributed by atoms with E-state index >= 15 is 0 Å². The van der Waals surface area contributed by atoms with Crippen molar-refractivity contribution in [2.24, 2.45) is 0 Å². The van der Waals surface area contributed by atoms with Gasteiger partial charge in [-0.2, -0.15) is 0 Å². The lowest BCUT2D eigenvalue weighted by Crippen LogP contribution is -2.46. The first-order valence-electron chi connectivity index (χ1n) is 6.26. The molecule has 0 aromatic heterocycles. The molecule has 1 amide bonds. The molecular weight excluding hydrogens is 264 g/mol. The number of nitro groups is 1. The largest absolute Gasteiger partial charge is 0.508 e. The number of nitrogens with one attached hydrogen (secondary N) is 2.